The van der Waals surface area contributed by atoms with Crippen LogP contribution in [-0.2, 0) is 20.9 Å². The zero-order chi connectivity index (χ0) is 16.5. The minimum absolute atomic E-state index is 0.103. The van der Waals surface area contributed by atoms with Crippen LogP contribution in [0.15, 0.2) is 30.3 Å². The van der Waals surface area contributed by atoms with Crippen LogP contribution < -0.4 is 5.32 Å². The van der Waals surface area contributed by atoms with Gasteiger partial charge in [-0.2, -0.15) is 5.26 Å². The fourth-order valence-corrected chi connectivity index (χ4v) is 1.85. The minimum atomic E-state index is -1.05. The molecule has 0 fully saturated rings. The molecule has 0 bridgehead atoms. The average Bonchev–Trinajstić information content (AvgIpc) is 2.49. The molecule has 0 aliphatic heterocycles. The molecule has 6 heteroatoms. The highest BCUT2D eigenvalue weighted by atomic mass is 16.6. The molecular formula is C16H20N2O4. The molecule has 2 atom stereocenters. The maximum atomic E-state index is 11.9. The van der Waals surface area contributed by atoms with Gasteiger partial charge in [-0.25, -0.2) is 4.79 Å². The van der Waals surface area contributed by atoms with Crippen molar-refractivity contribution in [2.24, 2.45) is 5.92 Å². The fraction of sp³-hybridized carbons (Fsp3) is 0.438. The molecule has 1 N–H and O–H groups in total. The first-order chi connectivity index (χ1) is 10.4. The number of hydrogen-bond donors (Lipinski definition) is 1. The van der Waals surface area contributed by atoms with Crippen LogP contribution in [0.1, 0.15) is 26.3 Å². The van der Waals surface area contributed by atoms with E-state index in [0.29, 0.717) is 0 Å². The standard InChI is InChI=1S/C16H20N2O4/c1-11(2)15(14(9-17)22-12(3)19)18-16(20)21-10-13-7-5-4-6-8-13/h4-8,11,14-15H,10H2,1-3H3,(H,18,20). The molecule has 0 saturated carbocycles. The van der Waals surface area contributed by atoms with Crippen LogP contribution in [0, 0.1) is 17.2 Å². The number of nitriles is 1. The van der Waals surface area contributed by atoms with E-state index in [1.807, 2.05) is 50.2 Å². The summed E-state index contributed by atoms with van der Waals surface area (Å²) in [5.74, 6) is -0.676. The van der Waals surface area contributed by atoms with Gasteiger partial charge in [0.1, 0.15) is 12.7 Å². The SMILES string of the molecule is CC(=O)OC(C#N)C(NC(=O)OCc1ccccc1)C(C)C. The van der Waals surface area contributed by atoms with E-state index in [4.69, 9.17) is 14.7 Å². The molecule has 2 unspecified atom stereocenters. The average molecular weight is 304 g/mol. The Kier molecular flexibility index (Phi) is 6.90. The topological polar surface area (TPSA) is 88.4 Å². The van der Waals surface area contributed by atoms with Gasteiger partial charge in [-0.15, -0.1) is 0 Å². The Morgan fingerprint density at radius 2 is 1.91 bits per heavy atom. The number of nitrogens with zero attached hydrogens (tertiary/aromatic N) is 1. The van der Waals surface area contributed by atoms with Gasteiger partial charge >= 0.3 is 12.1 Å². The number of benzene rings is 1. The number of ether oxygens (including phenoxy) is 2. The van der Waals surface area contributed by atoms with Gasteiger partial charge in [0.25, 0.3) is 0 Å². The normalized spacial score (nSPS) is 12.9. The van der Waals surface area contributed by atoms with Crippen LogP contribution in [0.2, 0.25) is 0 Å². The van der Waals surface area contributed by atoms with Gasteiger partial charge in [-0.3, -0.25) is 4.79 Å². The lowest BCUT2D eigenvalue weighted by atomic mass is 9.99. The highest BCUT2D eigenvalue weighted by Crippen LogP contribution is 2.11. The van der Waals surface area contributed by atoms with E-state index in [9.17, 15) is 9.59 Å². The maximum absolute atomic E-state index is 11.9. The third-order valence-electron chi connectivity index (χ3n) is 2.96. The largest absolute Gasteiger partial charge is 0.445 e. The number of esters is 1. The van der Waals surface area contributed by atoms with Crippen molar-refractivity contribution in [3.05, 3.63) is 35.9 Å². The van der Waals surface area contributed by atoms with E-state index in [1.54, 1.807) is 0 Å². The maximum Gasteiger partial charge on any atom is 0.407 e. The molecule has 6 nitrogen and oxygen atoms in total. The number of alkyl carbamates (subject to hydrolysis) is 1. The van der Waals surface area contributed by atoms with Gasteiger partial charge in [0.15, 0.2) is 0 Å². The second-order valence-corrected chi connectivity index (χ2v) is 5.14. The minimum Gasteiger partial charge on any atom is -0.445 e. The van der Waals surface area contributed by atoms with Crippen molar-refractivity contribution in [1.82, 2.24) is 5.32 Å². The van der Waals surface area contributed by atoms with E-state index >= 15 is 0 Å². The van der Waals surface area contributed by atoms with E-state index in [1.165, 1.54) is 6.92 Å². The van der Waals surface area contributed by atoms with E-state index in [2.05, 4.69) is 5.32 Å². The van der Waals surface area contributed by atoms with Crippen LogP contribution in [0.5, 0.6) is 0 Å². The highest BCUT2D eigenvalue weighted by molar-refractivity contribution is 5.69. The summed E-state index contributed by atoms with van der Waals surface area (Å²) in [6.45, 7) is 4.98. The Labute approximate surface area is 130 Å². The van der Waals surface area contributed by atoms with Gasteiger partial charge in [0.05, 0.1) is 6.04 Å². The third-order valence-corrected chi connectivity index (χ3v) is 2.96. The summed E-state index contributed by atoms with van der Waals surface area (Å²) in [6.07, 6.45) is -1.71. The molecule has 118 valence electrons. The van der Waals surface area contributed by atoms with Crippen molar-refractivity contribution in [2.45, 2.75) is 39.5 Å². The molecule has 0 aromatic heterocycles. The number of nitrogens with one attached hydrogen (secondary N) is 1. The Bertz CT molecular complexity index is 537. The predicted octanol–water partition coefficient (Wildman–Crippen LogP) is 2.39. The summed E-state index contributed by atoms with van der Waals surface area (Å²) in [6, 6.07) is 10.5. The lowest BCUT2D eigenvalue weighted by Gasteiger charge is -2.25. The van der Waals surface area contributed by atoms with Crippen LogP contribution in [0.4, 0.5) is 4.79 Å². The number of hydrogen-bond acceptors (Lipinski definition) is 5. The third kappa shape index (κ3) is 5.83. The number of carbonyl (C=O) groups is 2. The summed E-state index contributed by atoms with van der Waals surface area (Å²) in [5.41, 5.74) is 0.857. The van der Waals surface area contributed by atoms with Crippen LogP contribution in [-0.4, -0.2) is 24.2 Å². The van der Waals surface area contributed by atoms with Crippen molar-refractivity contribution in [2.75, 3.05) is 0 Å². The van der Waals surface area contributed by atoms with Gasteiger partial charge in [0.2, 0.25) is 6.10 Å². The monoisotopic (exact) mass is 304 g/mol. The van der Waals surface area contributed by atoms with Crippen molar-refractivity contribution >= 4 is 12.1 Å². The Morgan fingerprint density at radius 3 is 2.41 bits per heavy atom. The van der Waals surface area contributed by atoms with Gasteiger partial charge < -0.3 is 14.8 Å². The summed E-state index contributed by atoms with van der Waals surface area (Å²) in [4.78, 5) is 22.9. The molecule has 0 saturated heterocycles. The van der Waals surface area contributed by atoms with E-state index < -0.39 is 24.2 Å². The van der Waals surface area contributed by atoms with E-state index in [0.717, 1.165) is 5.56 Å². The first kappa shape index (κ1) is 17.5. The molecule has 0 aliphatic rings. The molecule has 0 radical (unpaired) electrons. The van der Waals surface area contributed by atoms with Crippen LogP contribution >= 0.6 is 0 Å². The Balaban J connectivity index is 2.60. The zero-order valence-corrected chi connectivity index (χ0v) is 12.9. The molecule has 1 rings (SSSR count). The van der Waals surface area contributed by atoms with Gasteiger partial charge in [-0.05, 0) is 11.5 Å². The van der Waals surface area contributed by atoms with Crippen LogP contribution in [0.3, 0.4) is 0 Å². The highest BCUT2D eigenvalue weighted by Gasteiger charge is 2.29. The fourth-order valence-electron chi connectivity index (χ4n) is 1.85. The molecule has 22 heavy (non-hydrogen) atoms. The van der Waals surface area contributed by atoms with Gasteiger partial charge in [-0.1, -0.05) is 44.2 Å². The molecule has 1 amide bonds. The zero-order valence-electron chi connectivity index (χ0n) is 12.9. The molecule has 1 aromatic carbocycles. The lowest BCUT2D eigenvalue weighted by molar-refractivity contribution is -0.145. The number of amides is 1. The first-order valence-corrected chi connectivity index (χ1v) is 6.98. The summed E-state index contributed by atoms with van der Waals surface area (Å²) >= 11 is 0. The molecular weight excluding hydrogens is 284 g/mol. The van der Waals surface area contributed by atoms with Crippen molar-refractivity contribution in [3.8, 4) is 6.07 Å². The number of rotatable bonds is 6. The second kappa shape index (κ2) is 8.67. The van der Waals surface area contributed by atoms with Gasteiger partial charge in [0, 0.05) is 6.92 Å². The summed E-state index contributed by atoms with van der Waals surface area (Å²) in [7, 11) is 0. The summed E-state index contributed by atoms with van der Waals surface area (Å²) in [5, 5.41) is 11.7. The Hall–Kier alpha value is -2.55. The second-order valence-electron chi connectivity index (χ2n) is 5.14. The van der Waals surface area contributed by atoms with Crippen LogP contribution in [0.25, 0.3) is 0 Å². The van der Waals surface area contributed by atoms with E-state index in [-0.39, 0.29) is 12.5 Å². The quantitative estimate of drug-likeness (QED) is 0.815. The smallest absolute Gasteiger partial charge is 0.407 e. The molecule has 0 spiro atoms. The van der Waals surface area contributed by atoms with Crippen molar-refractivity contribution in [3.63, 3.8) is 0 Å². The lowest BCUT2D eigenvalue weighted by Crippen LogP contribution is -2.48. The molecule has 1 aromatic rings. The molecule has 0 heterocycles. The van der Waals surface area contributed by atoms with Crippen molar-refractivity contribution in [1.29, 1.82) is 5.26 Å². The first-order valence-electron chi connectivity index (χ1n) is 6.98. The summed E-state index contributed by atoms with van der Waals surface area (Å²) < 4.78 is 10.0. The number of carbonyl (C=O) groups excluding carboxylic acids is 2. The predicted molar refractivity (Wildman–Crippen MR) is 79.6 cm³/mol. The Morgan fingerprint density at radius 1 is 1.27 bits per heavy atom. The van der Waals surface area contributed by atoms with Crippen molar-refractivity contribution < 1.29 is 19.1 Å². The molecule has 0 aliphatic carbocycles.